The molecule has 100 valence electrons. The number of methoxy groups -OCH3 is 2. The predicted octanol–water partition coefficient (Wildman–Crippen LogP) is 1.26. The van der Waals surface area contributed by atoms with Crippen LogP contribution in [-0.4, -0.2) is 32.3 Å². The van der Waals surface area contributed by atoms with E-state index in [2.05, 4.69) is 5.32 Å². The van der Waals surface area contributed by atoms with Crippen molar-refractivity contribution >= 4 is 5.91 Å². The van der Waals surface area contributed by atoms with Gasteiger partial charge in [-0.05, 0) is 18.6 Å². The summed E-state index contributed by atoms with van der Waals surface area (Å²) in [7, 11) is 4.67. The van der Waals surface area contributed by atoms with Gasteiger partial charge in [0.1, 0.15) is 11.5 Å². The Bertz CT molecular complexity index is 406. The molecule has 1 aromatic rings. The summed E-state index contributed by atoms with van der Waals surface area (Å²) in [6, 6.07) is 5.20. The Balaban J connectivity index is 2.78. The molecule has 0 aliphatic rings. The molecule has 1 unspecified atom stereocenters. The van der Waals surface area contributed by atoms with E-state index in [4.69, 9.17) is 9.47 Å². The van der Waals surface area contributed by atoms with E-state index in [1.54, 1.807) is 32.4 Å². The number of nitrogens with one attached hydrogen (secondary N) is 1. The lowest BCUT2D eigenvalue weighted by molar-refractivity contribution is -0.121. The number of carbonyl (C=O) groups excluding carboxylic acids is 1. The minimum atomic E-state index is -0.733. The quantitative estimate of drug-likeness (QED) is 0.801. The van der Waals surface area contributed by atoms with Crippen molar-refractivity contribution in [3.05, 3.63) is 23.8 Å². The van der Waals surface area contributed by atoms with E-state index in [0.717, 1.165) is 0 Å². The van der Waals surface area contributed by atoms with Gasteiger partial charge in [0.2, 0.25) is 5.91 Å². The van der Waals surface area contributed by atoms with Crippen LogP contribution in [0.2, 0.25) is 0 Å². The van der Waals surface area contributed by atoms with Gasteiger partial charge in [-0.2, -0.15) is 0 Å². The number of hydrogen-bond donors (Lipinski definition) is 2. The van der Waals surface area contributed by atoms with E-state index in [1.807, 2.05) is 0 Å². The summed E-state index contributed by atoms with van der Waals surface area (Å²) in [5.41, 5.74) is 0.655. The van der Waals surface area contributed by atoms with Gasteiger partial charge >= 0.3 is 0 Å². The molecule has 2 N–H and O–H groups in total. The first-order valence-electron chi connectivity index (χ1n) is 5.73. The van der Waals surface area contributed by atoms with Gasteiger partial charge < -0.3 is 19.9 Å². The minimum absolute atomic E-state index is 0.0958. The van der Waals surface area contributed by atoms with Crippen molar-refractivity contribution in [2.75, 3.05) is 21.3 Å². The van der Waals surface area contributed by atoms with Crippen LogP contribution in [0.1, 0.15) is 24.5 Å². The van der Waals surface area contributed by atoms with Crippen molar-refractivity contribution < 1.29 is 19.4 Å². The van der Waals surface area contributed by atoms with E-state index >= 15 is 0 Å². The highest BCUT2D eigenvalue weighted by Crippen LogP contribution is 2.31. The van der Waals surface area contributed by atoms with Gasteiger partial charge in [0.15, 0.2) is 0 Å². The van der Waals surface area contributed by atoms with Crippen molar-refractivity contribution in [1.29, 1.82) is 0 Å². The first-order valence-corrected chi connectivity index (χ1v) is 5.73. The fourth-order valence-corrected chi connectivity index (χ4v) is 1.64. The van der Waals surface area contributed by atoms with Crippen molar-refractivity contribution in [2.45, 2.75) is 18.9 Å². The van der Waals surface area contributed by atoms with E-state index < -0.39 is 6.10 Å². The van der Waals surface area contributed by atoms with Crippen LogP contribution in [0.4, 0.5) is 0 Å². The monoisotopic (exact) mass is 253 g/mol. The first kappa shape index (κ1) is 14.3. The molecule has 5 heteroatoms. The molecular weight excluding hydrogens is 234 g/mol. The molecule has 0 fully saturated rings. The van der Waals surface area contributed by atoms with Crippen LogP contribution >= 0.6 is 0 Å². The maximum atomic E-state index is 11.1. The van der Waals surface area contributed by atoms with Gasteiger partial charge in [-0.1, -0.05) is 0 Å². The molecule has 5 nitrogen and oxygen atoms in total. The molecule has 0 radical (unpaired) electrons. The summed E-state index contributed by atoms with van der Waals surface area (Å²) in [6.45, 7) is 0. The Morgan fingerprint density at radius 1 is 1.39 bits per heavy atom. The van der Waals surface area contributed by atoms with Gasteiger partial charge in [-0.3, -0.25) is 4.79 Å². The fraction of sp³-hybridized carbons (Fsp3) is 0.462. The number of ether oxygens (including phenoxy) is 2. The van der Waals surface area contributed by atoms with Crippen LogP contribution in [0.25, 0.3) is 0 Å². The van der Waals surface area contributed by atoms with Gasteiger partial charge in [0.25, 0.3) is 0 Å². The summed E-state index contributed by atoms with van der Waals surface area (Å²) in [6.07, 6.45) is -0.113. The molecule has 0 bridgehead atoms. The molecular formula is C13H19NO4. The molecule has 0 aromatic heterocycles. The first-order chi connectivity index (χ1) is 8.62. The number of carbonyl (C=O) groups is 1. The van der Waals surface area contributed by atoms with Crippen LogP contribution < -0.4 is 14.8 Å². The standard InChI is InChI=1S/C13H19NO4/c1-14-13(16)7-6-11(15)10-5-4-9(17-2)8-12(10)18-3/h4-5,8,11,15H,6-7H2,1-3H3,(H,14,16). The van der Waals surface area contributed by atoms with E-state index in [0.29, 0.717) is 23.5 Å². The van der Waals surface area contributed by atoms with Gasteiger partial charge in [-0.25, -0.2) is 0 Å². The third-order valence-electron chi connectivity index (χ3n) is 2.72. The van der Waals surface area contributed by atoms with Gasteiger partial charge in [-0.15, -0.1) is 0 Å². The van der Waals surface area contributed by atoms with Crippen molar-refractivity contribution in [3.8, 4) is 11.5 Å². The number of rotatable bonds is 6. The largest absolute Gasteiger partial charge is 0.497 e. The van der Waals surface area contributed by atoms with E-state index in [1.165, 1.54) is 7.11 Å². The molecule has 0 aliphatic carbocycles. The van der Waals surface area contributed by atoms with E-state index in [-0.39, 0.29) is 12.3 Å². The van der Waals surface area contributed by atoms with Gasteiger partial charge in [0, 0.05) is 25.1 Å². The average molecular weight is 253 g/mol. The van der Waals surface area contributed by atoms with Crippen LogP contribution in [0.3, 0.4) is 0 Å². The molecule has 1 aromatic carbocycles. The second-order valence-corrected chi connectivity index (χ2v) is 3.84. The normalized spacial score (nSPS) is 11.8. The highest BCUT2D eigenvalue weighted by molar-refractivity contribution is 5.75. The summed E-state index contributed by atoms with van der Waals surface area (Å²) < 4.78 is 10.3. The molecule has 0 spiro atoms. The number of amides is 1. The molecule has 0 saturated heterocycles. The topological polar surface area (TPSA) is 67.8 Å². The third-order valence-corrected chi connectivity index (χ3v) is 2.72. The summed E-state index contributed by atoms with van der Waals surface area (Å²) in [4.78, 5) is 11.1. The van der Waals surface area contributed by atoms with Crippen molar-refractivity contribution in [3.63, 3.8) is 0 Å². The number of hydrogen-bond acceptors (Lipinski definition) is 4. The Morgan fingerprint density at radius 2 is 2.11 bits per heavy atom. The van der Waals surface area contributed by atoms with Crippen molar-refractivity contribution in [2.24, 2.45) is 0 Å². The third kappa shape index (κ3) is 3.63. The maximum absolute atomic E-state index is 11.1. The average Bonchev–Trinajstić information content (AvgIpc) is 2.43. The van der Waals surface area contributed by atoms with Crippen molar-refractivity contribution in [1.82, 2.24) is 5.32 Å². The van der Waals surface area contributed by atoms with Crippen LogP contribution in [0.5, 0.6) is 11.5 Å². The zero-order valence-electron chi connectivity index (χ0n) is 10.9. The zero-order chi connectivity index (χ0) is 13.5. The predicted molar refractivity (Wildman–Crippen MR) is 67.8 cm³/mol. The smallest absolute Gasteiger partial charge is 0.219 e. The highest BCUT2D eigenvalue weighted by Gasteiger charge is 2.15. The Hall–Kier alpha value is -1.75. The van der Waals surface area contributed by atoms with Crippen LogP contribution in [-0.2, 0) is 4.79 Å². The maximum Gasteiger partial charge on any atom is 0.219 e. The number of benzene rings is 1. The van der Waals surface area contributed by atoms with Crippen LogP contribution in [0, 0.1) is 0 Å². The van der Waals surface area contributed by atoms with Crippen LogP contribution in [0.15, 0.2) is 18.2 Å². The Kier molecular flexibility index (Phi) is 5.45. The number of aliphatic hydroxyl groups excluding tert-OH is 1. The SMILES string of the molecule is CNC(=O)CCC(O)c1ccc(OC)cc1OC. The summed E-state index contributed by atoms with van der Waals surface area (Å²) >= 11 is 0. The second kappa shape index (κ2) is 6.86. The molecule has 1 amide bonds. The Labute approximate surface area is 107 Å². The zero-order valence-corrected chi connectivity index (χ0v) is 10.9. The van der Waals surface area contributed by atoms with E-state index in [9.17, 15) is 9.90 Å². The fourth-order valence-electron chi connectivity index (χ4n) is 1.64. The molecule has 1 rings (SSSR count). The Morgan fingerprint density at radius 3 is 2.67 bits per heavy atom. The lowest BCUT2D eigenvalue weighted by atomic mass is 10.0. The molecule has 0 aliphatic heterocycles. The lowest BCUT2D eigenvalue weighted by Gasteiger charge is -2.15. The molecule has 0 saturated carbocycles. The summed E-state index contributed by atoms with van der Waals surface area (Å²) in [5.74, 6) is 1.12. The highest BCUT2D eigenvalue weighted by atomic mass is 16.5. The molecule has 18 heavy (non-hydrogen) atoms. The van der Waals surface area contributed by atoms with Gasteiger partial charge in [0.05, 0.1) is 20.3 Å². The number of aliphatic hydroxyl groups is 1. The summed E-state index contributed by atoms with van der Waals surface area (Å²) in [5, 5.41) is 12.6. The molecule has 1 atom stereocenters. The molecule has 0 heterocycles. The minimum Gasteiger partial charge on any atom is -0.497 e. The second-order valence-electron chi connectivity index (χ2n) is 3.84. The lowest BCUT2D eigenvalue weighted by Crippen LogP contribution is -2.18.